The summed E-state index contributed by atoms with van der Waals surface area (Å²) in [6.45, 7) is 15.2. The Labute approximate surface area is 155 Å². The molecule has 0 radical (unpaired) electrons. The molecule has 0 spiro atoms. The second-order valence-corrected chi connectivity index (χ2v) is 7.51. The molecule has 2 rings (SSSR count). The zero-order valence-electron chi connectivity index (χ0n) is 14.6. The number of allylic oxidation sites excluding steroid dienone is 1. The van der Waals surface area contributed by atoms with E-state index < -0.39 is 9.84 Å². The molecule has 26 heavy (non-hydrogen) atoms. The molecule has 0 aromatic heterocycles. The highest BCUT2D eigenvalue weighted by molar-refractivity contribution is 7.91. The van der Waals surface area contributed by atoms with E-state index in [-0.39, 0.29) is 9.79 Å². The van der Waals surface area contributed by atoms with E-state index in [1.807, 2.05) is 0 Å². The molecule has 0 aliphatic rings. The van der Waals surface area contributed by atoms with Crippen molar-refractivity contribution in [2.24, 2.45) is 0 Å². The Balaban J connectivity index is 2.53. The first-order chi connectivity index (χ1) is 12.5. The average Bonchev–Trinajstić information content (AvgIpc) is 2.66. The van der Waals surface area contributed by atoms with Crippen LogP contribution in [0.3, 0.4) is 0 Å². The molecule has 0 atom stereocenters. The van der Waals surface area contributed by atoms with Crippen molar-refractivity contribution >= 4 is 22.0 Å². The minimum absolute atomic E-state index is 0.210. The Morgan fingerprint density at radius 1 is 0.846 bits per heavy atom. The molecule has 134 valence electrons. The Hall–Kier alpha value is -2.85. The predicted molar refractivity (Wildman–Crippen MR) is 108 cm³/mol. The summed E-state index contributed by atoms with van der Waals surface area (Å²) in [5.74, 6) is 0.623. The standard InChI is InChI=1S/C22H22O3S/c1-5-9-19-16-21(12-13-22(19)25-14-6-2)26(23,24)20-11-10-17(7-3)18(8-4)15-20/h5-8,10-13,15-16H,1-4,9,14H2. The highest BCUT2D eigenvalue weighted by Gasteiger charge is 2.20. The number of sulfone groups is 1. The monoisotopic (exact) mass is 366 g/mol. The van der Waals surface area contributed by atoms with Crippen molar-refractivity contribution in [2.45, 2.75) is 16.2 Å². The minimum atomic E-state index is -3.67. The van der Waals surface area contributed by atoms with Crippen LogP contribution in [-0.2, 0) is 16.3 Å². The number of hydrogen-bond donors (Lipinski definition) is 0. The van der Waals surface area contributed by atoms with Crippen molar-refractivity contribution in [2.75, 3.05) is 6.61 Å². The molecule has 0 amide bonds. The molecule has 0 aliphatic carbocycles. The summed E-state index contributed by atoms with van der Waals surface area (Å²) in [6.07, 6.45) is 7.14. The third kappa shape index (κ3) is 4.03. The van der Waals surface area contributed by atoms with Crippen LogP contribution in [-0.4, -0.2) is 15.0 Å². The van der Waals surface area contributed by atoms with Gasteiger partial charge in [-0.15, -0.1) is 6.58 Å². The summed E-state index contributed by atoms with van der Waals surface area (Å²) < 4.78 is 31.7. The molecular weight excluding hydrogens is 344 g/mol. The summed E-state index contributed by atoms with van der Waals surface area (Å²) in [7, 11) is -3.67. The smallest absolute Gasteiger partial charge is 0.206 e. The lowest BCUT2D eigenvalue weighted by molar-refractivity contribution is 0.359. The third-order valence-corrected chi connectivity index (χ3v) is 5.62. The lowest BCUT2D eigenvalue weighted by Crippen LogP contribution is -2.05. The van der Waals surface area contributed by atoms with Crippen molar-refractivity contribution in [1.82, 2.24) is 0 Å². The van der Waals surface area contributed by atoms with Crippen molar-refractivity contribution < 1.29 is 13.2 Å². The van der Waals surface area contributed by atoms with Crippen molar-refractivity contribution in [3.05, 3.63) is 91.6 Å². The molecule has 0 saturated heterocycles. The SMILES string of the molecule is C=CCOc1ccc(S(=O)(=O)c2ccc(C=C)c(C=C)c2)cc1CC=C. The van der Waals surface area contributed by atoms with E-state index in [1.54, 1.807) is 60.7 Å². The normalized spacial score (nSPS) is 10.8. The molecule has 0 saturated carbocycles. The number of rotatable bonds is 9. The van der Waals surface area contributed by atoms with Crippen molar-refractivity contribution in [3.63, 3.8) is 0 Å². The summed E-state index contributed by atoms with van der Waals surface area (Å²) in [5.41, 5.74) is 2.31. The molecule has 0 unspecified atom stereocenters. The van der Waals surface area contributed by atoms with Gasteiger partial charge in [-0.2, -0.15) is 0 Å². The van der Waals surface area contributed by atoms with Crippen LogP contribution in [0.25, 0.3) is 12.2 Å². The molecule has 3 nitrogen and oxygen atoms in total. The molecule has 0 bridgehead atoms. The highest BCUT2D eigenvalue weighted by Crippen LogP contribution is 2.29. The Morgan fingerprint density at radius 2 is 1.50 bits per heavy atom. The second kappa shape index (κ2) is 8.50. The van der Waals surface area contributed by atoms with Crippen LogP contribution in [0.5, 0.6) is 5.75 Å². The first kappa shape index (κ1) is 19.5. The third-order valence-electron chi connectivity index (χ3n) is 3.87. The Morgan fingerprint density at radius 3 is 2.12 bits per heavy atom. The van der Waals surface area contributed by atoms with E-state index in [1.165, 1.54) is 0 Å². The maximum atomic E-state index is 13.0. The van der Waals surface area contributed by atoms with Gasteiger partial charge in [-0.3, -0.25) is 0 Å². The molecule has 2 aromatic carbocycles. The fourth-order valence-corrected chi connectivity index (χ4v) is 3.89. The average molecular weight is 366 g/mol. The van der Waals surface area contributed by atoms with E-state index in [9.17, 15) is 8.42 Å². The van der Waals surface area contributed by atoms with Gasteiger partial charge in [-0.1, -0.05) is 50.1 Å². The number of ether oxygens (including phenoxy) is 1. The minimum Gasteiger partial charge on any atom is -0.489 e. The van der Waals surface area contributed by atoms with Crippen LogP contribution in [0.4, 0.5) is 0 Å². The zero-order chi connectivity index (χ0) is 19.2. The zero-order valence-corrected chi connectivity index (χ0v) is 15.5. The van der Waals surface area contributed by atoms with Crippen LogP contribution in [0.15, 0.2) is 84.7 Å². The van der Waals surface area contributed by atoms with Crippen LogP contribution in [0.2, 0.25) is 0 Å². The number of benzene rings is 2. The highest BCUT2D eigenvalue weighted by atomic mass is 32.2. The molecular formula is C22H22O3S. The molecule has 0 heterocycles. The fraction of sp³-hybridized carbons (Fsp3) is 0.0909. The predicted octanol–water partition coefficient (Wildman–Crippen LogP) is 5.10. The second-order valence-electron chi connectivity index (χ2n) is 5.56. The molecule has 0 fully saturated rings. The van der Waals surface area contributed by atoms with E-state index in [0.29, 0.717) is 18.8 Å². The summed E-state index contributed by atoms with van der Waals surface area (Å²) in [6, 6.07) is 9.76. The van der Waals surface area contributed by atoms with Gasteiger partial charge in [0.05, 0.1) is 9.79 Å². The fourth-order valence-electron chi connectivity index (χ4n) is 2.55. The van der Waals surface area contributed by atoms with Gasteiger partial charge in [0.25, 0.3) is 0 Å². The van der Waals surface area contributed by atoms with Crippen molar-refractivity contribution in [3.8, 4) is 5.75 Å². The lowest BCUT2D eigenvalue weighted by Gasteiger charge is -2.12. The van der Waals surface area contributed by atoms with Gasteiger partial charge >= 0.3 is 0 Å². The molecule has 0 N–H and O–H groups in total. The van der Waals surface area contributed by atoms with E-state index in [2.05, 4.69) is 26.3 Å². The largest absolute Gasteiger partial charge is 0.489 e. The van der Waals surface area contributed by atoms with Gasteiger partial charge < -0.3 is 4.74 Å². The maximum Gasteiger partial charge on any atom is 0.206 e. The quantitative estimate of drug-likeness (QED) is 0.580. The van der Waals surface area contributed by atoms with Crippen LogP contribution in [0.1, 0.15) is 16.7 Å². The maximum absolute atomic E-state index is 13.0. The van der Waals surface area contributed by atoms with Gasteiger partial charge in [0.2, 0.25) is 9.84 Å². The van der Waals surface area contributed by atoms with E-state index in [0.717, 1.165) is 16.7 Å². The summed E-state index contributed by atoms with van der Waals surface area (Å²) in [5, 5.41) is 0. The van der Waals surface area contributed by atoms with Crippen LogP contribution in [0, 0.1) is 0 Å². The van der Waals surface area contributed by atoms with Gasteiger partial charge in [-0.05, 0) is 53.4 Å². The Bertz CT molecular complexity index is 953. The lowest BCUT2D eigenvalue weighted by atomic mass is 10.1. The first-order valence-electron chi connectivity index (χ1n) is 8.09. The molecule has 2 aromatic rings. The summed E-state index contributed by atoms with van der Waals surface area (Å²) in [4.78, 5) is 0.420. The molecule has 4 heteroatoms. The van der Waals surface area contributed by atoms with Crippen LogP contribution < -0.4 is 4.74 Å². The van der Waals surface area contributed by atoms with E-state index in [4.69, 9.17) is 4.74 Å². The van der Waals surface area contributed by atoms with Gasteiger partial charge in [0, 0.05) is 0 Å². The molecule has 0 aliphatic heterocycles. The van der Waals surface area contributed by atoms with E-state index >= 15 is 0 Å². The Kier molecular flexibility index (Phi) is 6.36. The van der Waals surface area contributed by atoms with Crippen LogP contribution >= 0.6 is 0 Å². The number of hydrogen-bond acceptors (Lipinski definition) is 3. The first-order valence-corrected chi connectivity index (χ1v) is 9.57. The van der Waals surface area contributed by atoms with Gasteiger partial charge in [0.15, 0.2) is 0 Å². The summed E-state index contributed by atoms with van der Waals surface area (Å²) >= 11 is 0. The van der Waals surface area contributed by atoms with Crippen molar-refractivity contribution in [1.29, 1.82) is 0 Å². The topological polar surface area (TPSA) is 43.4 Å². The van der Waals surface area contributed by atoms with Gasteiger partial charge in [-0.25, -0.2) is 8.42 Å². The van der Waals surface area contributed by atoms with Gasteiger partial charge in [0.1, 0.15) is 12.4 Å².